The van der Waals surface area contributed by atoms with Crippen molar-refractivity contribution < 1.29 is 4.74 Å². The van der Waals surface area contributed by atoms with Gasteiger partial charge in [-0.05, 0) is 79.7 Å². The van der Waals surface area contributed by atoms with Crippen LogP contribution < -0.4 is 0 Å². The van der Waals surface area contributed by atoms with Crippen molar-refractivity contribution >= 4 is 10.9 Å². The van der Waals surface area contributed by atoms with Gasteiger partial charge in [0.15, 0.2) is 0 Å². The lowest BCUT2D eigenvalue weighted by Gasteiger charge is -2.45. The molecule has 0 bridgehead atoms. The largest absolute Gasteiger partial charge is 0.375 e. The summed E-state index contributed by atoms with van der Waals surface area (Å²) in [5.41, 5.74) is 7.41. The minimum atomic E-state index is 0.104. The number of hydrogen-bond acceptors (Lipinski definition) is 2. The number of hydrogen-bond donors (Lipinski definition) is 1. The number of nitrogens with zero attached hydrogens (tertiary/aromatic N) is 1. The molecular weight excluding hydrogens is 368 g/mol. The van der Waals surface area contributed by atoms with E-state index in [1.54, 1.807) is 11.1 Å². The molecule has 2 saturated heterocycles. The Labute approximate surface area is 179 Å². The van der Waals surface area contributed by atoms with Gasteiger partial charge in [-0.15, -0.1) is 0 Å². The van der Waals surface area contributed by atoms with E-state index in [1.807, 2.05) is 0 Å². The molecule has 1 N–H and O–H groups in total. The predicted molar refractivity (Wildman–Crippen MR) is 122 cm³/mol. The first kappa shape index (κ1) is 18.7. The molecule has 2 aromatic carbocycles. The number of H-pyrrole nitrogens is 1. The van der Waals surface area contributed by atoms with Crippen molar-refractivity contribution in [2.24, 2.45) is 0 Å². The minimum absolute atomic E-state index is 0.104. The molecule has 1 aliphatic carbocycles. The topological polar surface area (TPSA) is 28.3 Å². The van der Waals surface area contributed by atoms with Crippen LogP contribution in [0.25, 0.3) is 10.9 Å². The molecule has 1 saturated carbocycles. The summed E-state index contributed by atoms with van der Waals surface area (Å²) in [5.74, 6) is 0.766. The third-order valence-corrected chi connectivity index (χ3v) is 7.80. The minimum Gasteiger partial charge on any atom is -0.375 e. The average Bonchev–Trinajstić information content (AvgIpc) is 3.31. The predicted octanol–water partition coefficient (Wildman–Crippen LogP) is 6.24. The van der Waals surface area contributed by atoms with Crippen molar-refractivity contribution in [3.05, 3.63) is 70.9 Å². The number of nitrogens with one attached hydrogen (secondary N) is 1. The smallest absolute Gasteiger partial charge is 0.0713 e. The van der Waals surface area contributed by atoms with Crippen LogP contribution in [0.2, 0.25) is 0 Å². The van der Waals surface area contributed by atoms with Gasteiger partial charge in [-0.2, -0.15) is 0 Å². The van der Waals surface area contributed by atoms with Crippen LogP contribution in [-0.2, 0) is 11.3 Å². The Morgan fingerprint density at radius 1 is 1.13 bits per heavy atom. The number of benzene rings is 2. The number of piperidine rings is 1. The molecule has 3 heterocycles. The molecule has 3 aromatic rings. The molecule has 6 rings (SSSR count). The zero-order valence-electron chi connectivity index (χ0n) is 18.0. The van der Waals surface area contributed by atoms with E-state index in [0.29, 0.717) is 6.04 Å². The van der Waals surface area contributed by atoms with E-state index in [1.165, 1.54) is 47.7 Å². The van der Waals surface area contributed by atoms with Gasteiger partial charge in [0, 0.05) is 42.8 Å². The molecule has 2 aliphatic heterocycles. The lowest BCUT2D eigenvalue weighted by molar-refractivity contribution is -0.0675. The van der Waals surface area contributed by atoms with Gasteiger partial charge in [0.05, 0.1) is 5.60 Å². The molecule has 1 spiro atoms. The number of likely N-dealkylation sites (tertiary alicyclic amines) is 1. The van der Waals surface area contributed by atoms with Crippen LogP contribution >= 0.6 is 0 Å². The van der Waals surface area contributed by atoms with Crippen LogP contribution in [0.4, 0.5) is 0 Å². The number of fused-ring (bicyclic) bond motifs is 1. The van der Waals surface area contributed by atoms with Crippen molar-refractivity contribution in [2.45, 2.75) is 69.6 Å². The summed E-state index contributed by atoms with van der Waals surface area (Å²) in [7, 11) is 0. The fourth-order valence-electron chi connectivity index (χ4n) is 6.03. The van der Waals surface area contributed by atoms with Crippen LogP contribution in [0.1, 0.15) is 72.7 Å². The summed E-state index contributed by atoms with van der Waals surface area (Å²) >= 11 is 0. The lowest BCUT2D eigenvalue weighted by Crippen LogP contribution is -2.45. The lowest BCUT2D eigenvalue weighted by atomic mass is 9.81. The van der Waals surface area contributed by atoms with Gasteiger partial charge in [-0.1, -0.05) is 36.4 Å². The molecule has 0 radical (unpaired) electrons. The van der Waals surface area contributed by atoms with Crippen molar-refractivity contribution in [3.8, 4) is 0 Å². The third kappa shape index (κ3) is 3.19. The summed E-state index contributed by atoms with van der Waals surface area (Å²) in [4.78, 5) is 6.24. The molecule has 0 amide bonds. The van der Waals surface area contributed by atoms with Gasteiger partial charge < -0.3 is 9.72 Å². The van der Waals surface area contributed by atoms with Crippen molar-refractivity contribution in [1.29, 1.82) is 0 Å². The standard InChI is InChI=1S/C27H32N2O/c1-19-16-23(20-8-9-20)24(22-10-13-28-26(19)22)18-29-14-12-27(11-5-15-30-27)17-25(29)21-6-3-2-4-7-21/h2-4,6-7,10,13,16,20,25,28H,5,8-9,11-12,14-15,17-18H2,1H3/t25-,27+/m0/s1. The molecule has 2 atom stereocenters. The number of aryl methyl sites for hydroxylation is 1. The van der Waals surface area contributed by atoms with E-state index in [4.69, 9.17) is 4.74 Å². The number of aromatic nitrogens is 1. The van der Waals surface area contributed by atoms with Crippen molar-refractivity contribution in [2.75, 3.05) is 13.2 Å². The van der Waals surface area contributed by atoms with Gasteiger partial charge in [0.1, 0.15) is 0 Å². The van der Waals surface area contributed by atoms with Gasteiger partial charge in [0.25, 0.3) is 0 Å². The maximum atomic E-state index is 6.35. The highest BCUT2D eigenvalue weighted by Crippen LogP contribution is 2.47. The maximum absolute atomic E-state index is 6.35. The van der Waals surface area contributed by atoms with Crippen LogP contribution in [0.3, 0.4) is 0 Å². The summed E-state index contributed by atoms with van der Waals surface area (Å²) in [6.07, 6.45) is 9.54. The fraction of sp³-hybridized carbons (Fsp3) is 0.481. The van der Waals surface area contributed by atoms with E-state index in [0.717, 1.165) is 38.5 Å². The van der Waals surface area contributed by atoms with E-state index >= 15 is 0 Å². The van der Waals surface area contributed by atoms with E-state index < -0.39 is 0 Å². The van der Waals surface area contributed by atoms with E-state index in [9.17, 15) is 0 Å². The Morgan fingerprint density at radius 3 is 2.77 bits per heavy atom. The molecule has 1 aromatic heterocycles. The molecule has 3 nitrogen and oxygen atoms in total. The summed E-state index contributed by atoms with van der Waals surface area (Å²) in [6.45, 7) is 5.35. The van der Waals surface area contributed by atoms with Crippen LogP contribution in [0.15, 0.2) is 48.7 Å². The quantitative estimate of drug-likeness (QED) is 0.561. The third-order valence-electron chi connectivity index (χ3n) is 7.80. The number of ether oxygens (including phenoxy) is 1. The summed E-state index contributed by atoms with van der Waals surface area (Å²) < 4.78 is 6.35. The Bertz CT molecular complexity index is 1040. The van der Waals surface area contributed by atoms with Gasteiger partial charge in [0.2, 0.25) is 0 Å². The molecular formula is C27H32N2O. The fourth-order valence-corrected chi connectivity index (χ4v) is 6.03. The molecule has 3 aliphatic rings. The Morgan fingerprint density at radius 2 is 2.00 bits per heavy atom. The Hall–Kier alpha value is -2.10. The Kier molecular flexibility index (Phi) is 4.51. The molecule has 0 unspecified atom stereocenters. The molecule has 156 valence electrons. The second kappa shape index (κ2) is 7.25. The zero-order chi connectivity index (χ0) is 20.1. The first-order valence-electron chi connectivity index (χ1n) is 11.7. The van der Waals surface area contributed by atoms with Crippen LogP contribution in [0.5, 0.6) is 0 Å². The highest BCUT2D eigenvalue weighted by atomic mass is 16.5. The summed E-state index contributed by atoms with van der Waals surface area (Å²) in [6, 6.07) is 16.3. The average molecular weight is 401 g/mol. The van der Waals surface area contributed by atoms with Crippen molar-refractivity contribution in [3.63, 3.8) is 0 Å². The first-order valence-corrected chi connectivity index (χ1v) is 11.7. The van der Waals surface area contributed by atoms with Crippen molar-refractivity contribution in [1.82, 2.24) is 9.88 Å². The summed E-state index contributed by atoms with van der Waals surface area (Å²) in [5, 5.41) is 1.43. The number of aromatic amines is 1. The van der Waals surface area contributed by atoms with Gasteiger partial charge in [-0.3, -0.25) is 4.90 Å². The molecule has 3 fully saturated rings. The van der Waals surface area contributed by atoms with Gasteiger partial charge in [-0.25, -0.2) is 0 Å². The highest BCUT2D eigenvalue weighted by molar-refractivity contribution is 5.87. The van der Waals surface area contributed by atoms with E-state index in [2.05, 4.69) is 65.5 Å². The first-order chi connectivity index (χ1) is 14.7. The SMILES string of the molecule is Cc1cc(C2CC2)c(CN2CC[C@]3(CCCO3)C[C@H]2c2ccccc2)c2cc[nH]c12. The van der Waals surface area contributed by atoms with Crippen LogP contribution in [-0.4, -0.2) is 28.6 Å². The monoisotopic (exact) mass is 400 g/mol. The zero-order valence-corrected chi connectivity index (χ0v) is 18.0. The second-order valence-corrected chi connectivity index (χ2v) is 9.79. The highest BCUT2D eigenvalue weighted by Gasteiger charge is 2.43. The Balaban J connectivity index is 1.39. The molecule has 3 heteroatoms. The second-order valence-electron chi connectivity index (χ2n) is 9.79. The number of rotatable bonds is 4. The van der Waals surface area contributed by atoms with Crippen LogP contribution in [0, 0.1) is 6.92 Å². The maximum Gasteiger partial charge on any atom is 0.0713 e. The van der Waals surface area contributed by atoms with Gasteiger partial charge >= 0.3 is 0 Å². The normalized spacial score (nSPS) is 27.3. The molecule has 30 heavy (non-hydrogen) atoms. The van der Waals surface area contributed by atoms with E-state index in [-0.39, 0.29) is 5.60 Å².